The highest BCUT2D eigenvalue weighted by Crippen LogP contribution is 2.19. The second-order valence-electron chi connectivity index (χ2n) is 2.39. The van der Waals surface area contributed by atoms with E-state index in [0.29, 0.717) is 5.56 Å². The third-order valence-electron chi connectivity index (χ3n) is 1.35. The van der Waals surface area contributed by atoms with Gasteiger partial charge in [0.15, 0.2) is 0 Å². The first kappa shape index (κ1) is 8.23. The quantitative estimate of drug-likeness (QED) is 0.691. The van der Waals surface area contributed by atoms with Crippen molar-refractivity contribution in [1.29, 1.82) is 0 Å². The van der Waals surface area contributed by atoms with Crippen molar-refractivity contribution in [1.82, 2.24) is 0 Å². The molecule has 1 aromatic heterocycles. The highest BCUT2D eigenvalue weighted by Gasteiger charge is 2.06. The zero-order chi connectivity index (χ0) is 8.43. The molecule has 4 N–H and O–H groups in total. The first-order valence-corrected chi connectivity index (χ1v) is 4.13. The molecule has 0 spiro atoms. The predicted molar refractivity (Wildman–Crippen MR) is 45.4 cm³/mol. The molecule has 3 nitrogen and oxygen atoms in total. The van der Waals surface area contributed by atoms with Gasteiger partial charge in [-0.05, 0) is 13.0 Å². The summed E-state index contributed by atoms with van der Waals surface area (Å²) in [6.07, 6.45) is 0. The van der Waals surface area contributed by atoms with Crippen molar-refractivity contribution >= 4 is 17.2 Å². The van der Waals surface area contributed by atoms with Crippen LogP contribution in [0.3, 0.4) is 0 Å². The largest absolute Gasteiger partial charge is 0.366 e. The Balaban J connectivity index is 2.90. The van der Waals surface area contributed by atoms with Gasteiger partial charge in [0.2, 0.25) is 5.91 Å². The van der Waals surface area contributed by atoms with Crippen molar-refractivity contribution in [3.8, 4) is 0 Å². The highest BCUT2D eigenvalue weighted by atomic mass is 32.1. The van der Waals surface area contributed by atoms with E-state index in [1.165, 1.54) is 11.3 Å². The highest BCUT2D eigenvalue weighted by molar-refractivity contribution is 7.10. The monoisotopic (exact) mass is 170 g/mol. The zero-order valence-corrected chi connectivity index (χ0v) is 7.02. The average Bonchev–Trinajstić information content (AvgIpc) is 2.33. The third kappa shape index (κ3) is 1.78. The van der Waals surface area contributed by atoms with Crippen LogP contribution in [0.1, 0.15) is 28.2 Å². The van der Waals surface area contributed by atoms with E-state index in [1.807, 2.05) is 6.92 Å². The lowest BCUT2D eigenvalue weighted by Gasteiger charge is -1.97. The Morgan fingerprint density at radius 3 is 2.64 bits per heavy atom. The Kier molecular flexibility index (Phi) is 2.26. The van der Waals surface area contributed by atoms with Gasteiger partial charge in [0, 0.05) is 16.3 Å². The summed E-state index contributed by atoms with van der Waals surface area (Å²) < 4.78 is 0. The summed E-state index contributed by atoms with van der Waals surface area (Å²) >= 11 is 1.46. The summed E-state index contributed by atoms with van der Waals surface area (Å²) in [5, 5.41) is 1.72. The molecule has 1 rings (SSSR count). The number of rotatable bonds is 2. The molecule has 0 unspecified atom stereocenters. The lowest BCUT2D eigenvalue weighted by molar-refractivity contribution is 0.100. The van der Waals surface area contributed by atoms with E-state index >= 15 is 0 Å². The molecule has 4 heteroatoms. The van der Waals surface area contributed by atoms with Crippen LogP contribution in [-0.2, 0) is 0 Å². The number of primary amides is 1. The molecule has 0 bridgehead atoms. The minimum absolute atomic E-state index is 0.0203. The summed E-state index contributed by atoms with van der Waals surface area (Å²) in [6.45, 7) is 1.87. The fraction of sp³-hybridized carbons (Fsp3) is 0.286. The van der Waals surface area contributed by atoms with Crippen LogP contribution in [0.25, 0.3) is 0 Å². The number of hydrogen-bond acceptors (Lipinski definition) is 3. The van der Waals surface area contributed by atoms with Crippen LogP contribution in [0.4, 0.5) is 0 Å². The van der Waals surface area contributed by atoms with Crippen LogP contribution in [0.5, 0.6) is 0 Å². The minimum Gasteiger partial charge on any atom is -0.366 e. The van der Waals surface area contributed by atoms with Gasteiger partial charge in [0.05, 0.1) is 5.56 Å². The first-order valence-electron chi connectivity index (χ1n) is 3.25. The molecule has 0 aromatic carbocycles. The summed E-state index contributed by atoms with van der Waals surface area (Å²) in [5.74, 6) is -0.395. The van der Waals surface area contributed by atoms with Crippen LogP contribution in [-0.4, -0.2) is 5.91 Å². The normalized spacial score (nSPS) is 12.9. The summed E-state index contributed by atoms with van der Waals surface area (Å²) in [4.78, 5) is 11.6. The zero-order valence-electron chi connectivity index (χ0n) is 6.20. The number of carbonyl (C=O) groups is 1. The van der Waals surface area contributed by atoms with Crippen molar-refractivity contribution in [2.45, 2.75) is 13.0 Å². The number of thiophene rings is 1. The number of nitrogens with two attached hydrogens (primary N) is 2. The van der Waals surface area contributed by atoms with Gasteiger partial charge in [-0.25, -0.2) is 0 Å². The van der Waals surface area contributed by atoms with Gasteiger partial charge < -0.3 is 11.5 Å². The van der Waals surface area contributed by atoms with E-state index < -0.39 is 5.91 Å². The fourth-order valence-corrected chi connectivity index (χ4v) is 1.58. The smallest absolute Gasteiger partial charge is 0.249 e. The van der Waals surface area contributed by atoms with Gasteiger partial charge in [-0.2, -0.15) is 0 Å². The van der Waals surface area contributed by atoms with Gasteiger partial charge in [-0.15, -0.1) is 11.3 Å². The Hall–Kier alpha value is -0.870. The van der Waals surface area contributed by atoms with Crippen LogP contribution < -0.4 is 11.5 Å². The molecule has 0 aliphatic rings. The van der Waals surface area contributed by atoms with Crippen LogP contribution in [0.15, 0.2) is 11.4 Å². The minimum atomic E-state index is -0.395. The van der Waals surface area contributed by atoms with E-state index in [0.717, 1.165) is 4.88 Å². The van der Waals surface area contributed by atoms with Crippen molar-refractivity contribution in [2.24, 2.45) is 11.5 Å². The maximum Gasteiger partial charge on any atom is 0.249 e. The first-order chi connectivity index (χ1) is 5.11. The second kappa shape index (κ2) is 3.02. The molecular weight excluding hydrogens is 160 g/mol. The topological polar surface area (TPSA) is 69.1 Å². The van der Waals surface area contributed by atoms with E-state index in [1.54, 1.807) is 11.4 Å². The maximum atomic E-state index is 10.6. The van der Waals surface area contributed by atoms with Crippen molar-refractivity contribution in [3.05, 3.63) is 21.9 Å². The molecule has 11 heavy (non-hydrogen) atoms. The SMILES string of the molecule is C[C@@H](N)c1cc(C(N)=O)cs1. The molecule has 1 aromatic rings. The number of carbonyl (C=O) groups excluding carboxylic acids is 1. The molecule has 0 radical (unpaired) electrons. The Morgan fingerprint density at radius 2 is 2.36 bits per heavy atom. The molecule has 0 saturated carbocycles. The molecular formula is C7H10N2OS. The molecule has 0 aliphatic carbocycles. The lowest BCUT2D eigenvalue weighted by Crippen LogP contribution is -2.09. The van der Waals surface area contributed by atoms with Crippen LogP contribution >= 0.6 is 11.3 Å². The molecule has 1 heterocycles. The molecule has 0 aliphatic heterocycles. The standard InChI is InChI=1S/C7H10N2OS/c1-4(8)6-2-5(3-11-6)7(9)10/h2-4H,8H2,1H3,(H2,9,10)/t4-/m1/s1. The van der Waals surface area contributed by atoms with Crippen molar-refractivity contribution in [2.75, 3.05) is 0 Å². The van der Waals surface area contributed by atoms with Crippen molar-refractivity contribution in [3.63, 3.8) is 0 Å². The molecule has 1 amide bonds. The summed E-state index contributed by atoms with van der Waals surface area (Å²) in [7, 11) is 0. The summed E-state index contributed by atoms with van der Waals surface area (Å²) in [5.41, 5.74) is 11.2. The number of amides is 1. The fourth-order valence-electron chi connectivity index (χ4n) is 0.721. The lowest BCUT2D eigenvalue weighted by atomic mass is 10.2. The predicted octanol–water partition coefficient (Wildman–Crippen LogP) is 0.867. The molecule has 1 atom stereocenters. The molecule has 60 valence electrons. The van der Waals surface area contributed by atoms with Crippen LogP contribution in [0, 0.1) is 0 Å². The Labute approximate surface area is 69.0 Å². The summed E-state index contributed by atoms with van der Waals surface area (Å²) in [6, 6.07) is 1.71. The second-order valence-corrected chi connectivity index (χ2v) is 3.33. The van der Waals surface area contributed by atoms with Gasteiger partial charge >= 0.3 is 0 Å². The average molecular weight is 170 g/mol. The van der Waals surface area contributed by atoms with Gasteiger partial charge in [-0.1, -0.05) is 0 Å². The van der Waals surface area contributed by atoms with E-state index in [-0.39, 0.29) is 6.04 Å². The van der Waals surface area contributed by atoms with Crippen molar-refractivity contribution < 1.29 is 4.79 Å². The van der Waals surface area contributed by atoms with Crippen LogP contribution in [0.2, 0.25) is 0 Å². The van der Waals surface area contributed by atoms with E-state index in [2.05, 4.69) is 0 Å². The maximum absolute atomic E-state index is 10.6. The van der Waals surface area contributed by atoms with Gasteiger partial charge in [-0.3, -0.25) is 4.79 Å². The molecule has 0 saturated heterocycles. The Morgan fingerprint density at radius 1 is 1.73 bits per heavy atom. The third-order valence-corrected chi connectivity index (χ3v) is 2.49. The van der Waals surface area contributed by atoms with E-state index in [4.69, 9.17) is 11.5 Å². The Bertz CT molecular complexity index is 267. The number of hydrogen-bond donors (Lipinski definition) is 2. The van der Waals surface area contributed by atoms with Gasteiger partial charge in [0.25, 0.3) is 0 Å². The molecule has 0 fully saturated rings. The van der Waals surface area contributed by atoms with Gasteiger partial charge in [0.1, 0.15) is 0 Å². The van der Waals surface area contributed by atoms with E-state index in [9.17, 15) is 4.79 Å².